The molecular weight excluding hydrogens is 212 g/mol. The van der Waals surface area contributed by atoms with Gasteiger partial charge in [-0.3, -0.25) is 0 Å². The molecule has 0 fully saturated rings. The summed E-state index contributed by atoms with van der Waals surface area (Å²) in [5, 5.41) is 19.1. The SMILES string of the molecule is CC(C)=CCC[C@]1(C)C(C)=CC[C@H]1[C@H](O)CO. The summed E-state index contributed by atoms with van der Waals surface area (Å²) in [5.41, 5.74) is 2.73. The van der Waals surface area contributed by atoms with Crippen molar-refractivity contribution in [2.24, 2.45) is 11.3 Å². The Morgan fingerprint density at radius 1 is 1.59 bits per heavy atom. The van der Waals surface area contributed by atoms with Crippen LogP contribution in [0.2, 0.25) is 0 Å². The number of hydrogen-bond donors (Lipinski definition) is 2. The third-order valence-electron chi connectivity index (χ3n) is 4.26. The Morgan fingerprint density at radius 2 is 2.24 bits per heavy atom. The van der Waals surface area contributed by atoms with Gasteiger partial charge in [-0.2, -0.15) is 0 Å². The summed E-state index contributed by atoms with van der Waals surface area (Å²) < 4.78 is 0. The first-order valence-electron chi connectivity index (χ1n) is 6.51. The van der Waals surface area contributed by atoms with Gasteiger partial charge in [0.2, 0.25) is 0 Å². The van der Waals surface area contributed by atoms with Crippen LogP contribution in [0.3, 0.4) is 0 Å². The Kier molecular flexibility index (Phi) is 4.96. The molecule has 0 unspecified atom stereocenters. The molecule has 0 amide bonds. The second-order valence-corrected chi connectivity index (χ2v) is 5.72. The second-order valence-electron chi connectivity index (χ2n) is 5.72. The molecule has 2 N–H and O–H groups in total. The van der Waals surface area contributed by atoms with Crippen molar-refractivity contribution in [2.45, 2.75) is 53.1 Å². The zero-order chi connectivity index (χ0) is 13.1. The van der Waals surface area contributed by atoms with E-state index in [1.54, 1.807) is 0 Å². The van der Waals surface area contributed by atoms with Gasteiger partial charge < -0.3 is 10.2 Å². The molecule has 0 aromatic rings. The summed E-state index contributed by atoms with van der Waals surface area (Å²) in [6.07, 6.45) is 6.84. The van der Waals surface area contributed by atoms with Gasteiger partial charge in [-0.05, 0) is 51.4 Å². The van der Waals surface area contributed by atoms with E-state index in [0.717, 1.165) is 19.3 Å². The van der Waals surface area contributed by atoms with Gasteiger partial charge in [0.15, 0.2) is 0 Å². The normalized spacial score (nSPS) is 30.0. The van der Waals surface area contributed by atoms with Crippen molar-refractivity contribution in [2.75, 3.05) is 6.61 Å². The minimum atomic E-state index is -0.597. The van der Waals surface area contributed by atoms with Crippen LogP contribution in [0.5, 0.6) is 0 Å². The van der Waals surface area contributed by atoms with Crippen molar-refractivity contribution in [1.29, 1.82) is 0 Å². The fraction of sp³-hybridized carbons (Fsp3) is 0.733. The summed E-state index contributed by atoms with van der Waals surface area (Å²) in [6, 6.07) is 0. The largest absolute Gasteiger partial charge is 0.394 e. The lowest BCUT2D eigenvalue weighted by Gasteiger charge is -2.36. The van der Waals surface area contributed by atoms with Crippen LogP contribution in [-0.2, 0) is 0 Å². The minimum Gasteiger partial charge on any atom is -0.394 e. The van der Waals surface area contributed by atoms with Crippen molar-refractivity contribution in [3.63, 3.8) is 0 Å². The summed E-state index contributed by atoms with van der Waals surface area (Å²) >= 11 is 0. The Morgan fingerprint density at radius 3 is 2.76 bits per heavy atom. The first kappa shape index (κ1) is 14.5. The van der Waals surface area contributed by atoms with E-state index < -0.39 is 6.10 Å². The van der Waals surface area contributed by atoms with Gasteiger partial charge in [0.1, 0.15) is 0 Å². The first-order chi connectivity index (χ1) is 7.91. The van der Waals surface area contributed by atoms with Crippen LogP contribution < -0.4 is 0 Å². The molecule has 1 aliphatic carbocycles. The Labute approximate surface area is 105 Å². The smallest absolute Gasteiger partial charge is 0.0810 e. The van der Waals surface area contributed by atoms with E-state index in [1.165, 1.54) is 11.1 Å². The van der Waals surface area contributed by atoms with Crippen LogP contribution in [0.4, 0.5) is 0 Å². The van der Waals surface area contributed by atoms with Crippen LogP contribution in [0, 0.1) is 11.3 Å². The van der Waals surface area contributed by atoms with Crippen molar-refractivity contribution < 1.29 is 10.2 Å². The lowest BCUT2D eigenvalue weighted by Crippen LogP contribution is -2.35. The molecule has 0 radical (unpaired) electrons. The molecule has 0 saturated carbocycles. The molecule has 17 heavy (non-hydrogen) atoms. The van der Waals surface area contributed by atoms with Crippen LogP contribution >= 0.6 is 0 Å². The third kappa shape index (κ3) is 3.20. The van der Waals surface area contributed by atoms with Crippen molar-refractivity contribution in [3.05, 3.63) is 23.3 Å². The number of hydrogen-bond acceptors (Lipinski definition) is 2. The average molecular weight is 238 g/mol. The number of allylic oxidation sites excluding steroid dienone is 4. The van der Waals surface area contributed by atoms with Gasteiger partial charge in [-0.15, -0.1) is 0 Å². The fourth-order valence-corrected chi connectivity index (χ4v) is 2.84. The van der Waals surface area contributed by atoms with E-state index in [2.05, 4.69) is 39.8 Å². The molecule has 0 aromatic carbocycles. The number of aliphatic hydroxyl groups excluding tert-OH is 2. The molecule has 0 bridgehead atoms. The van der Waals surface area contributed by atoms with Crippen LogP contribution in [0.25, 0.3) is 0 Å². The summed E-state index contributed by atoms with van der Waals surface area (Å²) in [7, 11) is 0. The highest BCUT2D eigenvalue weighted by molar-refractivity contribution is 5.21. The molecule has 0 spiro atoms. The lowest BCUT2D eigenvalue weighted by molar-refractivity contribution is 0.00772. The molecule has 0 heterocycles. The predicted molar refractivity (Wildman–Crippen MR) is 71.7 cm³/mol. The highest BCUT2D eigenvalue weighted by atomic mass is 16.3. The van der Waals surface area contributed by atoms with Gasteiger partial charge in [0.05, 0.1) is 12.7 Å². The second kappa shape index (κ2) is 5.83. The van der Waals surface area contributed by atoms with E-state index >= 15 is 0 Å². The van der Waals surface area contributed by atoms with Gasteiger partial charge in [0.25, 0.3) is 0 Å². The van der Waals surface area contributed by atoms with Crippen molar-refractivity contribution in [3.8, 4) is 0 Å². The highest BCUT2D eigenvalue weighted by Gasteiger charge is 2.41. The van der Waals surface area contributed by atoms with Crippen LogP contribution in [0.15, 0.2) is 23.3 Å². The quantitative estimate of drug-likeness (QED) is 0.723. The molecular formula is C15H26O2. The molecule has 2 nitrogen and oxygen atoms in total. The van der Waals surface area contributed by atoms with Crippen LogP contribution in [0.1, 0.15) is 47.0 Å². The monoisotopic (exact) mass is 238 g/mol. The van der Waals surface area contributed by atoms with Gasteiger partial charge >= 0.3 is 0 Å². The molecule has 2 heteroatoms. The predicted octanol–water partition coefficient (Wildman–Crippen LogP) is 3.06. The summed E-state index contributed by atoms with van der Waals surface area (Å²) in [6.45, 7) is 8.45. The lowest BCUT2D eigenvalue weighted by atomic mass is 9.70. The van der Waals surface area contributed by atoms with E-state index in [0.29, 0.717) is 0 Å². The first-order valence-corrected chi connectivity index (χ1v) is 6.51. The average Bonchev–Trinajstić information content (AvgIpc) is 2.54. The van der Waals surface area contributed by atoms with E-state index in [1.807, 2.05) is 0 Å². The molecule has 98 valence electrons. The minimum absolute atomic E-state index is 0.0358. The Bertz CT molecular complexity index is 313. The third-order valence-corrected chi connectivity index (χ3v) is 4.26. The molecule has 0 aliphatic heterocycles. The van der Waals surface area contributed by atoms with Gasteiger partial charge in [-0.1, -0.05) is 30.2 Å². The standard InChI is InChI=1S/C15H26O2/c1-11(2)6-5-9-15(4)12(3)7-8-13(15)14(17)10-16/h6-7,13-14,16-17H,5,8-10H2,1-4H3/t13-,14+,15+/m0/s1. The molecule has 1 aliphatic rings. The Balaban J connectivity index is 2.74. The Hall–Kier alpha value is -0.600. The van der Waals surface area contributed by atoms with Crippen molar-refractivity contribution in [1.82, 2.24) is 0 Å². The maximum Gasteiger partial charge on any atom is 0.0810 e. The van der Waals surface area contributed by atoms with E-state index in [4.69, 9.17) is 5.11 Å². The van der Waals surface area contributed by atoms with Gasteiger partial charge in [0, 0.05) is 0 Å². The van der Waals surface area contributed by atoms with E-state index in [-0.39, 0.29) is 17.9 Å². The van der Waals surface area contributed by atoms with Crippen LogP contribution in [-0.4, -0.2) is 22.9 Å². The maximum absolute atomic E-state index is 9.92. The maximum atomic E-state index is 9.92. The fourth-order valence-electron chi connectivity index (χ4n) is 2.84. The zero-order valence-corrected chi connectivity index (χ0v) is 11.5. The molecule has 3 atom stereocenters. The molecule has 0 aromatic heterocycles. The highest BCUT2D eigenvalue weighted by Crippen LogP contribution is 2.48. The molecule has 0 saturated heterocycles. The summed E-state index contributed by atoms with van der Waals surface area (Å²) in [5.74, 6) is 0.165. The van der Waals surface area contributed by atoms with Crippen molar-refractivity contribution >= 4 is 0 Å². The topological polar surface area (TPSA) is 40.5 Å². The number of aliphatic hydroxyl groups is 2. The van der Waals surface area contributed by atoms with Gasteiger partial charge in [-0.25, -0.2) is 0 Å². The number of rotatable bonds is 5. The van der Waals surface area contributed by atoms with E-state index in [9.17, 15) is 5.11 Å². The molecule has 1 rings (SSSR count). The summed E-state index contributed by atoms with van der Waals surface area (Å²) in [4.78, 5) is 0. The zero-order valence-electron chi connectivity index (χ0n) is 11.5.